The summed E-state index contributed by atoms with van der Waals surface area (Å²) in [6.45, 7) is 0.312. The van der Waals surface area contributed by atoms with E-state index in [0.717, 1.165) is 21.3 Å². The van der Waals surface area contributed by atoms with Crippen LogP contribution in [-0.2, 0) is 6.54 Å². The molecule has 4 rings (SSSR count). The van der Waals surface area contributed by atoms with Crippen molar-refractivity contribution in [1.82, 2.24) is 20.7 Å². The summed E-state index contributed by atoms with van der Waals surface area (Å²) in [4.78, 5) is 12.3. The molecule has 2 N–H and O–H groups in total. The van der Waals surface area contributed by atoms with Crippen molar-refractivity contribution in [3.63, 3.8) is 0 Å². The molecule has 0 bridgehead atoms. The quantitative estimate of drug-likeness (QED) is 0.547. The normalized spacial score (nSPS) is 10.9. The van der Waals surface area contributed by atoms with Gasteiger partial charge in [0.1, 0.15) is 22.6 Å². The molecule has 0 saturated carbocycles. The number of nitrogens with zero attached hydrogens (tertiary/aromatic N) is 2. The van der Waals surface area contributed by atoms with Crippen molar-refractivity contribution in [3.05, 3.63) is 70.4 Å². The van der Waals surface area contributed by atoms with E-state index in [0.29, 0.717) is 23.4 Å². The number of furan rings is 1. The van der Waals surface area contributed by atoms with Crippen LogP contribution >= 0.6 is 15.9 Å². The molecule has 0 atom stereocenters. The first-order valence-electron chi connectivity index (χ1n) is 7.62. The number of fused-ring (bicyclic) bond motifs is 1. The maximum Gasteiger partial charge on any atom is 0.251 e. The second-order valence-electron chi connectivity index (χ2n) is 5.48. The molecular formula is C18H13BrN4O2. The van der Waals surface area contributed by atoms with E-state index in [1.54, 1.807) is 18.2 Å². The molecular weight excluding hydrogens is 384 g/mol. The van der Waals surface area contributed by atoms with Gasteiger partial charge in [0.15, 0.2) is 0 Å². The number of hydrogen-bond acceptors (Lipinski definition) is 4. The minimum absolute atomic E-state index is 0.188. The predicted octanol–water partition coefficient (Wildman–Crippen LogP) is 3.91. The van der Waals surface area contributed by atoms with Crippen LogP contribution in [0.5, 0.6) is 0 Å². The Morgan fingerprint density at radius 2 is 1.84 bits per heavy atom. The Morgan fingerprint density at radius 1 is 1.04 bits per heavy atom. The van der Waals surface area contributed by atoms with Gasteiger partial charge in [-0.15, -0.1) is 0 Å². The van der Waals surface area contributed by atoms with Gasteiger partial charge in [0.25, 0.3) is 5.91 Å². The maximum atomic E-state index is 12.3. The van der Waals surface area contributed by atoms with Crippen LogP contribution in [0, 0.1) is 0 Å². The number of aromatic nitrogens is 3. The molecule has 0 aliphatic carbocycles. The molecule has 0 aliphatic rings. The summed E-state index contributed by atoms with van der Waals surface area (Å²) in [7, 11) is 0. The smallest absolute Gasteiger partial charge is 0.251 e. The van der Waals surface area contributed by atoms with Crippen LogP contribution in [0.15, 0.2) is 63.5 Å². The van der Waals surface area contributed by atoms with E-state index in [4.69, 9.17) is 4.42 Å². The molecule has 4 aromatic rings. The summed E-state index contributed by atoms with van der Waals surface area (Å²) in [5.74, 6) is 1.26. The molecule has 0 radical (unpaired) electrons. The molecule has 6 nitrogen and oxygen atoms in total. The minimum Gasteiger partial charge on any atom is -0.459 e. The van der Waals surface area contributed by atoms with E-state index >= 15 is 0 Å². The topological polar surface area (TPSA) is 83.8 Å². The molecule has 2 aromatic heterocycles. The fourth-order valence-electron chi connectivity index (χ4n) is 2.49. The lowest BCUT2D eigenvalue weighted by atomic mass is 10.2. The second kappa shape index (κ2) is 6.52. The van der Waals surface area contributed by atoms with Gasteiger partial charge in [0.05, 0.1) is 6.54 Å². The largest absolute Gasteiger partial charge is 0.459 e. The Kier molecular flexibility index (Phi) is 4.07. The number of carbonyl (C=O) groups is 1. The average molecular weight is 397 g/mol. The third kappa shape index (κ3) is 3.32. The first-order valence-corrected chi connectivity index (χ1v) is 8.42. The van der Waals surface area contributed by atoms with Crippen molar-refractivity contribution in [1.29, 1.82) is 0 Å². The molecule has 7 heteroatoms. The molecule has 124 valence electrons. The number of rotatable bonds is 4. The SMILES string of the molecule is O=C(NCc1ccc(-c2ccc(Br)cc2)o1)c1ccc2n[nH]nc2c1. The molecule has 1 amide bonds. The van der Waals surface area contributed by atoms with E-state index in [-0.39, 0.29) is 5.91 Å². The van der Waals surface area contributed by atoms with Gasteiger partial charge < -0.3 is 9.73 Å². The van der Waals surface area contributed by atoms with Crippen molar-refractivity contribution in [2.45, 2.75) is 6.54 Å². The number of hydrogen-bond donors (Lipinski definition) is 2. The first kappa shape index (κ1) is 15.6. The maximum absolute atomic E-state index is 12.3. The third-order valence-electron chi connectivity index (χ3n) is 3.79. The zero-order valence-electron chi connectivity index (χ0n) is 13.0. The number of halogens is 1. The average Bonchev–Trinajstić information content (AvgIpc) is 3.29. The number of H-pyrrole nitrogens is 1. The monoisotopic (exact) mass is 396 g/mol. The zero-order chi connectivity index (χ0) is 17.2. The number of aromatic amines is 1. The lowest BCUT2D eigenvalue weighted by Gasteiger charge is -2.03. The van der Waals surface area contributed by atoms with Gasteiger partial charge in [-0.25, -0.2) is 0 Å². The zero-order valence-corrected chi connectivity index (χ0v) is 14.6. The van der Waals surface area contributed by atoms with E-state index in [9.17, 15) is 4.79 Å². The predicted molar refractivity (Wildman–Crippen MR) is 96.9 cm³/mol. The third-order valence-corrected chi connectivity index (χ3v) is 4.32. The van der Waals surface area contributed by atoms with Crippen LogP contribution < -0.4 is 5.32 Å². The molecule has 2 aromatic carbocycles. The lowest BCUT2D eigenvalue weighted by molar-refractivity contribution is 0.0948. The van der Waals surface area contributed by atoms with Gasteiger partial charge in [-0.05, 0) is 42.5 Å². The van der Waals surface area contributed by atoms with Crippen LogP contribution in [0.1, 0.15) is 16.1 Å². The van der Waals surface area contributed by atoms with Gasteiger partial charge >= 0.3 is 0 Å². The van der Waals surface area contributed by atoms with E-state index in [1.807, 2.05) is 36.4 Å². The summed E-state index contributed by atoms with van der Waals surface area (Å²) in [6.07, 6.45) is 0. The first-order chi connectivity index (χ1) is 12.2. The second-order valence-corrected chi connectivity index (χ2v) is 6.40. The molecule has 0 unspecified atom stereocenters. The van der Waals surface area contributed by atoms with Crippen LogP contribution in [0.4, 0.5) is 0 Å². The number of amides is 1. The number of benzene rings is 2. The van der Waals surface area contributed by atoms with Gasteiger partial charge in [-0.1, -0.05) is 28.1 Å². The molecule has 0 aliphatic heterocycles. The van der Waals surface area contributed by atoms with Gasteiger partial charge in [0, 0.05) is 15.6 Å². The molecule has 0 spiro atoms. The van der Waals surface area contributed by atoms with Crippen LogP contribution in [-0.4, -0.2) is 21.3 Å². The van der Waals surface area contributed by atoms with Gasteiger partial charge in [-0.3, -0.25) is 4.79 Å². The Morgan fingerprint density at radius 3 is 2.68 bits per heavy atom. The van der Waals surface area contributed by atoms with Crippen molar-refractivity contribution in [2.75, 3.05) is 0 Å². The van der Waals surface area contributed by atoms with E-state index in [1.165, 1.54) is 0 Å². The van der Waals surface area contributed by atoms with Crippen molar-refractivity contribution in [2.24, 2.45) is 0 Å². The lowest BCUT2D eigenvalue weighted by Crippen LogP contribution is -2.22. The standard InChI is InChI=1S/C18H13BrN4O2/c19-13-4-1-11(2-5-13)17-8-6-14(25-17)10-20-18(24)12-3-7-15-16(9-12)22-23-21-15/h1-9H,10H2,(H,20,24)(H,21,22,23). The van der Waals surface area contributed by atoms with Crippen molar-refractivity contribution < 1.29 is 9.21 Å². The summed E-state index contributed by atoms with van der Waals surface area (Å²) in [6, 6.07) is 16.8. The number of nitrogens with one attached hydrogen (secondary N) is 2. The summed E-state index contributed by atoms with van der Waals surface area (Å²) < 4.78 is 6.81. The van der Waals surface area contributed by atoms with E-state index < -0.39 is 0 Å². The van der Waals surface area contributed by atoms with Crippen molar-refractivity contribution >= 4 is 32.9 Å². The van der Waals surface area contributed by atoms with Crippen molar-refractivity contribution in [3.8, 4) is 11.3 Å². The highest BCUT2D eigenvalue weighted by Crippen LogP contribution is 2.24. The van der Waals surface area contributed by atoms with Gasteiger partial charge in [0.2, 0.25) is 0 Å². The highest BCUT2D eigenvalue weighted by molar-refractivity contribution is 9.10. The summed E-state index contributed by atoms with van der Waals surface area (Å²) in [5, 5.41) is 13.3. The van der Waals surface area contributed by atoms with E-state index in [2.05, 4.69) is 36.7 Å². The Balaban J connectivity index is 1.44. The highest BCUT2D eigenvalue weighted by atomic mass is 79.9. The Bertz CT molecular complexity index is 1040. The number of carbonyl (C=O) groups excluding carboxylic acids is 1. The highest BCUT2D eigenvalue weighted by Gasteiger charge is 2.10. The summed E-state index contributed by atoms with van der Waals surface area (Å²) in [5.41, 5.74) is 2.89. The molecule has 25 heavy (non-hydrogen) atoms. The molecule has 0 fully saturated rings. The fraction of sp³-hybridized carbons (Fsp3) is 0.0556. The van der Waals surface area contributed by atoms with Crippen LogP contribution in [0.2, 0.25) is 0 Å². The Labute approximate surface area is 151 Å². The van der Waals surface area contributed by atoms with Gasteiger partial charge in [-0.2, -0.15) is 15.4 Å². The fourth-order valence-corrected chi connectivity index (χ4v) is 2.76. The molecule has 0 saturated heterocycles. The van der Waals surface area contributed by atoms with Crippen LogP contribution in [0.3, 0.4) is 0 Å². The molecule has 2 heterocycles. The minimum atomic E-state index is -0.188. The Hall–Kier alpha value is -2.93. The van der Waals surface area contributed by atoms with Crippen LogP contribution in [0.25, 0.3) is 22.4 Å². The summed E-state index contributed by atoms with van der Waals surface area (Å²) >= 11 is 3.41.